The average molecular weight is 296 g/mol. The molecule has 1 fully saturated rings. The molecule has 0 bridgehead atoms. The highest BCUT2D eigenvalue weighted by atomic mass is 32.2. The van der Waals surface area contributed by atoms with Gasteiger partial charge in [-0.1, -0.05) is 18.9 Å². The highest BCUT2D eigenvalue weighted by Crippen LogP contribution is 2.38. The minimum Gasteiger partial charge on any atom is -0.329 e. The first-order chi connectivity index (χ1) is 9.37. The van der Waals surface area contributed by atoms with Crippen LogP contribution in [0.15, 0.2) is 29.2 Å². The Labute approximate surface area is 119 Å². The molecule has 0 saturated heterocycles. The molecule has 1 aromatic carbocycles. The summed E-state index contributed by atoms with van der Waals surface area (Å²) in [7, 11) is -3.28. The van der Waals surface area contributed by atoms with Crippen molar-refractivity contribution in [1.29, 1.82) is 0 Å². The van der Waals surface area contributed by atoms with Crippen LogP contribution in [-0.4, -0.2) is 27.1 Å². The summed E-state index contributed by atoms with van der Waals surface area (Å²) in [6.07, 6.45) is 4.75. The molecule has 1 aliphatic rings. The van der Waals surface area contributed by atoms with Crippen molar-refractivity contribution in [1.82, 2.24) is 0 Å². The van der Waals surface area contributed by atoms with Crippen molar-refractivity contribution in [3.05, 3.63) is 24.3 Å². The fraction of sp³-hybridized carbons (Fsp3) is 0.500. The van der Waals surface area contributed by atoms with Gasteiger partial charge in [0, 0.05) is 18.5 Å². The fourth-order valence-corrected chi connectivity index (χ4v) is 3.31. The zero-order valence-electron chi connectivity index (χ0n) is 11.6. The Hall–Kier alpha value is -1.40. The molecule has 1 saturated carbocycles. The van der Waals surface area contributed by atoms with E-state index in [2.05, 4.69) is 5.32 Å². The molecule has 0 heterocycles. The van der Waals surface area contributed by atoms with Gasteiger partial charge in [-0.15, -0.1) is 0 Å². The van der Waals surface area contributed by atoms with Crippen molar-refractivity contribution >= 4 is 21.4 Å². The number of anilines is 1. The first-order valence-electron chi connectivity index (χ1n) is 6.69. The van der Waals surface area contributed by atoms with Gasteiger partial charge in [-0.05, 0) is 31.0 Å². The van der Waals surface area contributed by atoms with E-state index in [0.29, 0.717) is 12.2 Å². The molecule has 0 aromatic heterocycles. The lowest BCUT2D eigenvalue weighted by Gasteiger charge is -2.25. The van der Waals surface area contributed by atoms with Crippen LogP contribution in [0.3, 0.4) is 0 Å². The molecule has 3 N–H and O–H groups in total. The van der Waals surface area contributed by atoms with Gasteiger partial charge in [0.15, 0.2) is 9.84 Å². The maximum Gasteiger partial charge on any atom is 0.231 e. The molecule has 110 valence electrons. The van der Waals surface area contributed by atoms with Crippen LogP contribution in [0.25, 0.3) is 0 Å². The third-order valence-electron chi connectivity index (χ3n) is 3.95. The van der Waals surface area contributed by atoms with Crippen LogP contribution >= 0.6 is 0 Å². The quantitative estimate of drug-likeness (QED) is 0.882. The molecule has 1 aliphatic carbocycles. The molecule has 0 unspecified atom stereocenters. The molecule has 20 heavy (non-hydrogen) atoms. The van der Waals surface area contributed by atoms with E-state index in [1.54, 1.807) is 12.1 Å². The molecule has 0 radical (unpaired) electrons. The van der Waals surface area contributed by atoms with Gasteiger partial charge in [0.25, 0.3) is 0 Å². The normalized spacial score (nSPS) is 17.9. The van der Waals surface area contributed by atoms with Gasteiger partial charge in [0.1, 0.15) is 0 Å². The SMILES string of the molecule is CS(=O)(=O)c1cccc(NC(=O)C2(CN)CCCC2)c1. The zero-order chi connectivity index (χ0) is 14.8. The summed E-state index contributed by atoms with van der Waals surface area (Å²) in [5.74, 6) is -0.108. The van der Waals surface area contributed by atoms with Gasteiger partial charge in [-0.2, -0.15) is 0 Å². The predicted octanol–water partition coefficient (Wildman–Crippen LogP) is 1.55. The monoisotopic (exact) mass is 296 g/mol. The zero-order valence-corrected chi connectivity index (χ0v) is 12.4. The molecule has 1 aromatic rings. The predicted molar refractivity (Wildman–Crippen MR) is 78.1 cm³/mol. The summed E-state index contributed by atoms with van der Waals surface area (Å²) >= 11 is 0. The van der Waals surface area contributed by atoms with Crippen LogP contribution in [0.1, 0.15) is 25.7 Å². The maximum atomic E-state index is 12.4. The second kappa shape index (κ2) is 5.54. The second-order valence-electron chi connectivity index (χ2n) is 5.45. The lowest BCUT2D eigenvalue weighted by Crippen LogP contribution is -2.40. The molecule has 0 spiro atoms. The molecule has 0 atom stereocenters. The molecule has 6 heteroatoms. The first kappa shape index (κ1) is 15.0. The molecular weight excluding hydrogens is 276 g/mol. The number of amides is 1. The Bertz CT molecular complexity index is 605. The van der Waals surface area contributed by atoms with Crippen LogP contribution in [0, 0.1) is 5.41 Å². The van der Waals surface area contributed by atoms with Gasteiger partial charge in [0.05, 0.1) is 10.3 Å². The number of carbonyl (C=O) groups excluding carboxylic acids is 1. The van der Waals surface area contributed by atoms with E-state index in [4.69, 9.17) is 5.73 Å². The van der Waals surface area contributed by atoms with E-state index in [1.165, 1.54) is 12.1 Å². The molecular formula is C14H20N2O3S. The first-order valence-corrected chi connectivity index (χ1v) is 8.58. The van der Waals surface area contributed by atoms with Crippen LogP contribution in [0.5, 0.6) is 0 Å². The summed E-state index contributed by atoms with van der Waals surface area (Å²) in [4.78, 5) is 12.6. The Morgan fingerprint density at radius 1 is 1.35 bits per heavy atom. The van der Waals surface area contributed by atoms with E-state index in [1.807, 2.05) is 0 Å². The number of nitrogens with two attached hydrogens (primary N) is 1. The van der Waals surface area contributed by atoms with Gasteiger partial charge >= 0.3 is 0 Å². The highest BCUT2D eigenvalue weighted by Gasteiger charge is 2.39. The van der Waals surface area contributed by atoms with Gasteiger partial charge in [-0.25, -0.2) is 8.42 Å². The molecule has 5 nitrogen and oxygen atoms in total. The van der Waals surface area contributed by atoms with Crippen molar-refractivity contribution in [3.63, 3.8) is 0 Å². The number of carbonyl (C=O) groups is 1. The largest absolute Gasteiger partial charge is 0.329 e. The van der Waals surface area contributed by atoms with E-state index in [9.17, 15) is 13.2 Å². The molecule has 0 aliphatic heterocycles. The van der Waals surface area contributed by atoms with E-state index in [0.717, 1.165) is 31.9 Å². The minimum atomic E-state index is -3.28. The smallest absolute Gasteiger partial charge is 0.231 e. The lowest BCUT2D eigenvalue weighted by molar-refractivity contribution is -0.124. The summed E-state index contributed by atoms with van der Waals surface area (Å²) in [6, 6.07) is 6.30. The van der Waals surface area contributed by atoms with Gasteiger partial charge < -0.3 is 11.1 Å². The second-order valence-corrected chi connectivity index (χ2v) is 7.46. The van der Waals surface area contributed by atoms with Crippen LogP contribution in [-0.2, 0) is 14.6 Å². The number of nitrogens with one attached hydrogen (secondary N) is 1. The number of hydrogen-bond acceptors (Lipinski definition) is 4. The van der Waals surface area contributed by atoms with Crippen molar-refractivity contribution in [2.24, 2.45) is 11.1 Å². The van der Waals surface area contributed by atoms with Gasteiger partial charge in [-0.3, -0.25) is 4.79 Å². The summed E-state index contributed by atoms with van der Waals surface area (Å²) in [5.41, 5.74) is 5.76. The topological polar surface area (TPSA) is 89.3 Å². The summed E-state index contributed by atoms with van der Waals surface area (Å²) in [6.45, 7) is 0.324. The standard InChI is InChI=1S/C14H20N2O3S/c1-20(18,19)12-6-4-5-11(9-12)16-13(17)14(10-15)7-2-3-8-14/h4-6,9H,2-3,7-8,10,15H2,1H3,(H,16,17). The number of benzene rings is 1. The summed E-state index contributed by atoms with van der Waals surface area (Å²) < 4.78 is 23.0. The number of rotatable bonds is 4. The number of hydrogen-bond donors (Lipinski definition) is 2. The number of sulfone groups is 1. The third-order valence-corrected chi connectivity index (χ3v) is 5.06. The van der Waals surface area contributed by atoms with Gasteiger partial charge in [0.2, 0.25) is 5.91 Å². The van der Waals surface area contributed by atoms with E-state index in [-0.39, 0.29) is 10.8 Å². The van der Waals surface area contributed by atoms with Crippen molar-refractivity contribution < 1.29 is 13.2 Å². The Balaban J connectivity index is 2.20. The third kappa shape index (κ3) is 3.02. The van der Waals surface area contributed by atoms with Crippen molar-refractivity contribution in [2.45, 2.75) is 30.6 Å². The van der Waals surface area contributed by atoms with Crippen molar-refractivity contribution in [2.75, 3.05) is 18.1 Å². The molecule has 1 amide bonds. The average Bonchev–Trinajstić information content (AvgIpc) is 2.88. The fourth-order valence-electron chi connectivity index (χ4n) is 2.64. The van der Waals surface area contributed by atoms with Crippen molar-refractivity contribution in [3.8, 4) is 0 Å². The minimum absolute atomic E-state index is 0.108. The Morgan fingerprint density at radius 2 is 2.00 bits per heavy atom. The maximum absolute atomic E-state index is 12.4. The molecule has 2 rings (SSSR count). The highest BCUT2D eigenvalue weighted by molar-refractivity contribution is 7.90. The Kier molecular flexibility index (Phi) is 4.15. The van der Waals surface area contributed by atoms with E-state index >= 15 is 0 Å². The van der Waals surface area contributed by atoms with Crippen LogP contribution in [0.2, 0.25) is 0 Å². The van der Waals surface area contributed by atoms with E-state index < -0.39 is 15.3 Å². The summed E-state index contributed by atoms with van der Waals surface area (Å²) in [5, 5.41) is 2.80. The van der Waals surface area contributed by atoms with Crippen LogP contribution in [0.4, 0.5) is 5.69 Å². The lowest BCUT2D eigenvalue weighted by atomic mass is 9.85. The Morgan fingerprint density at radius 3 is 2.55 bits per heavy atom. The van der Waals surface area contributed by atoms with Crippen LogP contribution < -0.4 is 11.1 Å².